The molecule has 5 aromatic rings. The third kappa shape index (κ3) is 9.62. The van der Waals surface area contributed by atoms with Gasteiger partial charge in [0.15, 0.2) is 5.82 Å². The van der Waals surface area contributed by atoms with E-state index < -0.39 is 51.1 Å². The van der Waals surface area contributed by atoms with Crippen LogP contribution in [0.1, 0.15) is 84.6 Å². The van der Waals surface area contributed by atoms with Crippen LogP contribution < -0.4 is 15.4 Å². The number of pyridine rings is 1. The largest absolute Gasteiger partial charge is 0.377 e. The van der Waals surface area contributed by atoms with E-state index >= 15 is 8.78 Å². The zero-order chi connectivity index (χ0) is 44.4. The number of benzene rings is 2. The molecule has 63 heavy (non-hydrogen) atoms. The number of halogens is 2. The molecular weight excluding hydrogens is 835 g/mol. The van der Waals surface area contributed by atoms with Crippen LogP contribution in [0.3, 0.4) is 0 Å². The molecule has 6 heterocycles. The fourth-order valence-electron chi connectivity index (χ4n) is 8.54. The van der Waals surface area contributed by atoms with Crippen molar-refractivity contribution in [2.75, 3.05) is 56.4 Å². The maximum atomic E-state index is 15.6. The molecule has 3 saturated heterocycles. The Balaban J connectivity index is 0.833. The predicted octanol–water partition coefficient (Wildman–Crippen LogP) is 4.73. The minimum Gasteiger partial charge on any atom is -0.377 e. The Kier molecular flexibility index (Phi) is 12.9. The van der Waals surface area contributed by atoms with Gasteiger partial charge in [0, 0.05) is 98.1 Å². The summed E-state index contributed by atoms with van der Waals surface area (Å²) in [5.41, 5.74) is 2.09. The van der Waals surface area contributed by atoms with E-state index in [-0.39, 0.29) is 29.8 Å². The van der Waals surface area contributed by atoms with Gasteiger partial charge < -0.3 is 15.4 Å². The first kappa shape index (κ1) is 43.9. The number of rotatable bonds is 14. The Hall–Kier alpha value is -5.73. The van der Waals surface area contributed by atoms with Crippen molar-refractivity contribution < 1.29 is 36.7 Å². The van der Waals surface area contributed by atoms with Gasteiger partial charge in [-0.25, -0.2) is 23.7 Å². The van der Waals surface area contributed by atoms with E-state index in [0.29, 0.717) is 66.4 Å². The number of imide groups is 1. The van der Waals surface area contributed by atoms with E-state index in [2.05, 4.69) is 57.2 Å². The molecule has 19 heteroatoms. The number of carbonyl (C=O) groups excluding carboxylic acids is 3. The highest BCUT2D eigenvalue weighted by Crippen LogP contribution is 2.33. The van der Waals surface area contributed by atoms with Gasteiger partial charge in [-0.2, -0.15) is 12.7 Å². The second kappa shape index (κ2) is 18.5. The van der Waals surface area contributed by atoms with Gasteiger partial charge in [0.2, 0.25) is 17.6 Å². The highest BCUT2D eigenvalue weighted by molar-refractivity contribution is 7.90. The number of nitrogens with zero attached hydrogens (tertiary/aromatic N) is 6. The van der Waals surface area contributed by atoms with Crippen molar-refractivity contribution in [1.82, 2.24) is 39.4 Å². The van der Waals surface area contributed by atoms with Crippen LogP contribution in [0.4, 0.5) is 20.2 Å². The smallest absolute Gasteiger partial charge is 0.301 e. The van der Waals surface area contributed by atoms with Gasteiger partial charge in [-0.15, -0.1) is 0 Å². The lowest BCUT2D eigenvalue weighted by Crippen LogP contribution is -2.48. The number of aliphatic hydroxyl groups excluding tert-OH is 1. The summed E-state index contributed by atoms with van der Waals surface area (Å²) >= 11 is 0. The van der Waals surface area contributed by atoms with Gasteiger partial charge in [0.05, 0.1) is 11.3 Å². The highest BCUT2D eigenvalue weighted by atomic mass is 32.2. The molecule has 16 nitrogen and oxygen atoms in total. The molecule has 0 aliphatic carbocycles. The van der Waals surface area contributed by atoms with E-state index in [0.717, 1.165) is 60.9 Å². The molecule has 3 fully saturated rings. The number of nitrogens with one attached hydrogen (secondary N) is 4. The summed E-state index contributed by atoms with van der Waals surface area (Å²) in [5.74, 6) is -2.79. The van der Waals surface area contributed by atoms with Crippen molar-refractivity contribution in [3.05, 3.63) is 101 Å². The van der Waals surface area contributed by atoms with Crippen molar-refractivity contribution in [3.63, 3.8) is 0 Å². The van der Waals surface area contributed by atoms with E-state index in [1.54, 1.807) is 31.6 Å². The summed E-state index contributed by atoms with van der Waals surface area (Å²) in [7, 11) is -2.85. The van der Waals surface area contributed by atoms with Gasteiger partial charge in [0.1, 0.15) is 29.6 Å². The number of aromatic amines is 1. The van der Waals surface area contributed by atoms with E-state index in [4.69, 9.17) is 0 Å². The van der Waals surface area contributed by atoms with Crippen LogP contribution in [0, 0.1) is 11.6 Å². The zero-order valence-electron chi connectivity index (χ0n) is 35.0. The van der Waals surface area contributed by atoms with Crippen molar-refractivity contribution >= 4 is 50.2 Å². The maximum absolute atomic E-state index is 15.6. The van der Waals surface area contributed by atoms with Crippen LogP contribution in [0.2, 0.25) is 0 Å². The Labute approximate surface area is 363 Å². The van der Waals surface area contributed by atoms with Crippen LogP contribution in [0.25, 0.3) is 22.2 Å². The number of hydrogen-bond donors (Lipinski definition) is 5. The molecule has 2 amide bonds. The summed E-state index contributed by atoms with van der Waals surface area (Å²) in [4.78, 5) is 58.3. The fourth-order valence-corrected chi connectivity index (χ4v) is 9.47. The minimum atomic E-state index is -4.15. The topological polar surface area (TPSA) is 206 Å². The van der Waals surface area contributed by atoms with Crippen LogP contribution >= 0.6 is 0 Å². The average Bonchev–Trinajstić information content (AvgIpc) is 3.72. The number of anilines is 2. The van der Waals surface area contributed by atoms with E-state index in [1.807, 2.05) is 12.1 Å². The van der Waals surface area contributed by atoms with E-state index in [9.17, 15) is 27.9 Å². The normalized spacial score (nSPS) is 19.0. The van der Waals surface area contributed by atoms with Crippen molar-refractivity contribution in [2.24, 2.45) is 0 Å². The molecule has 3 aliphatic heterocycles. The molecule has 3 aliphatic rings. The monoisotopic (exact) mass is 884 g/mol. The summed E-state index contributed by atoms with van der Waals surface area (Å²) in [6, 6.07) is 11.2. The van der Waals surface area contributed by atoms with Crippen molar-refractivity contribution in [2.45, 2.75) is 69.6 Å². The number of amides is 2. The molecule has 0 spiro atoms. The Morgan fingerprint density at radius 2 is 1.62 bits per heavy atom. The lowest BCUT2D eigenvalue weighted by atomic mass is 9.89. The number of β-amino-alcohol motifs (C(OH)–C–C–N with tert-alkyl or cyclic N) is 1. The molecule has 2 atom stereocenters. The Bertz CT molecular complexity index is 2600. The first-order valence-electron chi connectivity index (χ1n) is 21.2. The summed E-state index contributed by atoms with van der Waals surface area (Å²) in [5, 5.41) is 17.1. The molecule has 8 rings (SSSR count). The van der Waals surface area contributed by atoms with Crippen molar-refractivity contribution in [3.8, 4) is 11.1 Å². The highest BCUT2D eigenvalue weighted by Gasteiger charge is 2.31. The first-order valence-corrected chi connectivity index (χ1v) is 22.6. The fraction of sp³-hybridized carbons (Fsp3) is 0.409. The molecular formula is C44H50F2N10O6S. The van der Waals surface area contributed by atoms with Gasteiger partial charge in [-0.1, -0.05) is 19.1 Å². The van der Waals surface area contributed by atoms with Crippen molar-refractivity contribution in [1.29, 1.82) is 0 Å². The number of likely N-dealkylation sites (tertiary alicyclic amines) is 2. The predicted molar refractivity (Wildman–Crippen MR) is 232 cm³/mol. The summed E-state index contributed by atoms with van der Waals surface area (Å²) in [6.45, 7) is 5.43. The second-order valence-corrected chi connectivity index (χ2v) is 18.2. The van der Waals surface area contributed by atoms with Gasteiger partial charge in [-0.05, 0) is 87.0 Å². The van der Waals surface area contributed by atoms with Gasteiger partial charge in [0.25, 0.3) is 0 Å². The number of aliphatic hydroxyl groups is 1. The number of piperidine rings is 3. The number of hydrogen-bond acceptors (Lipinski definition) is 12. The molecule has 2 aromatic carbocycles. The first-order chi connectivity index (χ1) is 30.3. The summed E-state index contributed by atoms with van der Waals surface area (Å²) in [6.07, 6.45) is 9.99. The Morgan fingerprint density at radius 1 is 0.937 bits per heavy atom. The van der Waals surface area contributed by atoms with Gasteiger partial charge in [-0.3, -0.25) is 34.2 Å². The lowest BCUT2D eigenvalue weighted by molar-refractivity contribution is -0.133. The van der Waals surface area contributed by atoms with E-state index in [1.165, 1.54) is 18.8 Å². The molecule has 5 N–H and O–H groups in total. The number of fused-ring (bicyclic) bond motifs is 1. The molecule has 0 saturated carbocycles. The van der Waals surface area contributed by atoms with Gasteiger partial charge >= 0.3 is 10.2 Å². The lowest BCUT2D eigenvalue weighted by Gasteiger charge is -2.38. The molecule has 0 bridgehead atoms. The standard InChI is InChI=1S/C44H50F2N10O6S/c1-3-54(2)63(61,62)53-35-9-8-34(45)39(40(35)46)41(59)33-24-50-43-32(33)20-29(21-49-43)30-22-47-42(48-23-30)28-14-18-56(19-15-28)38(58)25-55-16-12-27(13-17-55)26-4-6-31(7-5-26)51-36-10-11-37(57)52-44(36)60/h4-9,20-24,27-28,36,38,51,53,58H,3,10-19,25H2,1-2H3,(H,49,50)(H,52,57,60). The molecule has 332 valence electrons. The number of carbonyl (C=O) groups is 3. The van der Waals surface area contributed by atoms with Crippen LogP contribution in [0.15, 0.2) is 67.3 Å². The van der Waals surface area contributed by atoms with Crippen LogP contribution in [-0.2, 0) is 19.8 Å². The molecule has 2 unspecified atom stereocenters. The SMILES string of the molecule is CCN(C)S(=O)(=O)Nc1ccc(F)c(C(=O)c2c[nH]c3ncc(-c4cnc(C5CCN(C(O)CN6CCC(c7ccc(NC8CCC(=O)NC8=O)cc7)CC6)CC5)nc4)cc23)c1F. The third-order valence-corrected chi connectivity index (χ3v) is 14.0. The number of ketones is 1. The molecule has 0 radical (unpaired) electrons. The van der Waals surface area contributed by atoms with Crippen LogP contribution in [-0.4, -0.2) is 124 Å². The minimum absolute atomic E-state index is 0.0518. The summed E-state index contributed by atoms with van der Waals surface area (Å²) < 4.78 is 58.8. The second-order valence-electron chi connectivity index (χ2n) is 16.4. The number of aromatic nitrogens is 4. The quantitative estimate of drug-likeness (QED) is 0.0759. The molecule has 3 aromatic heterocycles. The zero-order valence-corrected chi connectivity index (χ0v) is 35.8. The number of H-pyrrole nitrogens is 1. The third-order valence-electron chi connectivity index (χ3n) is 12.5. The Morgan fingerprint density at radius 3 is 2.30 bits per heavy atom. The average molecular weight is 885 g/mol. The maximum Gasteiger partial charge on any atom is 0.301 e. The van der Waals surface area contributed by atoms with Crippen LogP contribution in [0.5, 0.6) is 0 Å².